The van der Waals surface area contributed by atoms with Gasteiger partial charge in [0, 0.05) is 16.7 Å². The summed E-state index contributed by atoms with van der Waals surface area (Å²) < 4.78 is 20.9. The standard InChI is InChI=1S/C16H24O7Si/c1-9(2)13(17)21-12(7)16(8-20-24,22-14(18)10(3)4)23-15(19)11(5)6/h12H,1,3,5,8H2,2,4,6-7,24H3. The van der Waals surface area contributed by atoms with E-state index in [1.807, 2.05) is 0 Å². The van der Waals surface area contributed by atoms with Crippen LogP contribution in [0.1, 0.15) is 27.7 Å². The van der Waals surface area contributed by atoms with E-state index in [1.54, 1.807) is 0 Å². The van der Waals surface area contributed by atoms with Gasteiger partial charge in [-0.3, -0.25) is 0 Å². The SMILES string of the molecule is C=C(C)C(=O)OC(C)C(CO[SiH3])(OC(=O)C(=C)C)OC(=O)C(=C)C. The Bertz CT molecular complexity index is 537. The molecule has 134 valence electrons. The van der Waals surface area contributed by atoms with E-state index in [-0.39, 0.29) is 33.8 Å². The predicted molar refractivity (Wildman–Crippen MR) is 90.8 cm³/mol. The summed E-state index contributed by atoms with van der Waals surface area (Å²) in [6, 6.07) is 0. The van der Waals surface area contributed by atoms with Gasteiger partial charge in [0.1, 0.15) is 17.1 Å². The van der Waals surface area contributed by atoms with Crippen molar-refractivity contribution in [3.8, 4) is 0 Å². The molecule has 0 rings (SSSR count). The first-order valence-electron chi connectivity index (χ1n) is 7.10. The molecule has 0 saturated carbocycles. The molecule has 8 heteroatoms. The molecule has 0 aromatic heterocycles. The normalized spacial score (nSPS) is 12.0. The topological polar surface area (TPSA) is 88.1 Å². The van der Waals surface area contributed by atoms with Gasteiger partial charge >= 0.3 is 23.7 Å². The molecule has 0 aromatic rings. The number of rotatable bonds is 9. The number of hydrogen-bond donors (Lipinski definition) is 0. The smallest absolute Gasteiger partial charge is 0.336 e. The fraction of sp³-hybridized carbons (Fsp3) is 0.438. The zero-order valence-electron chi connectivity index (χ0n) is 14.8. The van der Waals surface area contributed by atoms with Crippen LogP contribution in [-0.4, -0.2) is 46.9 Å². The molecule has 24 heavy (non-hydrogen) atoms. The Hall–Kier alpha value is -2.19. The Labute approximate surface area is 144 Å². The van der Waals surface area contributed by atoms with Gasteiger partial charge in [-0.05, 0) is 27.7 Å². The quantitative estimate of drug-likeness (QED) is 0.260. The van der Waals surface area contributed by atoms with E-state index in [1.165, 1.54) is 27.7 Å². The zero-order chi connectivity index (χ0) is 19.1. The zero-order valence-corrected chi connectivity index (χ0v) is 16.8. The lowest BCUT2D eigenvalue weighted by Gasteiger charge is -2.36. The highest BCUT2D eigenvalue weighted by molar-refractivity contribution is 5.98. The van der Waals surface area contributed by atoms with Gasteiger partial charge in [0.05, 0.1) is 0 Å². The maximum Gasteiger partial charge on any atom is 0.336 e. The fourth-order valence-corrected chi connectivity index (χ4v) is 1.81. The summed E-state index contributed by atoms with van der Waals surface area (Å²) in [5, 5.41) is 0. The second-order valence-electron chi connectivity index (χ2n) is 5.41. The molecule has 1 atom stereocenters. The Morgan fingerprint density at radius 3 is 1.58 bits per heavy atom. The van der Waals surface area contributed by atoms with Crippen molar-refractivity contribution < 1.29 is 33.0 Å². The van der Waals surface area contributed by atoms with E-state index in [0.29, 0.717) is 0 Å². The molecular formula is C16H24O7Si. The minimum atomic E-state index is -1.96. The third-order valence-electron chi connectivity index (χ3n) is 2.83. The molecule has 0 aliphatic rings. The summed E-state index contributed by atoms with van der Waals surface area (Å²) in [6.07, 6.45) is -1.15. The average molecular weight is 356 g/mol. The van der Waals surface area contributed by atoms with Gasteiger partial charge in [0.2, 0.25) is 0 Å². The number of carbonyl (C=O) groups is 3. The number of carbonyl (C=O) groups excluding carboxylic acids is 3. The predicted octanol–water partition coefficient (Wildman–Crippen LogP) is 0.726. The van der Waals surface area contributed by atoms with Crippen molar-refractivity contribution in [3.63, 3.8) is 0 Å². The maximum absolute atomic E-state index is 12.0. The molecule has 0 fully saturated rings. The monoisotopic (exact) mass is 356 g/mol. The van der Waals surface area contributed by atoms with Crippen molar-refractivity contribution in [3.05, 3.63) is 36.5 Å². The Morgan fingerprint density at radius 2 is 1.29 bits per heavy atom. The van der Waals surface area contributed by atoms with Crippen LogP contribution in [0.2, 0.25) is 0 Å². The number of ether oxygens (including phenoxy) is 3. The molecule has 0 aliphatic heterocycles. The molecule has 0 saturated heterocycles. The summed E-state index contributed by atoms with van der Waals surface area (Å²) in [6.45, 7) is 15.9. The maximum atomic E-state index is 12.0. The summed E-state index contributed by atoms with van der Waals surface area (Å²) in [4.78, 5) is 35.7. The van der Waals surface area contributed by atoms with Crippen LogP contribution in [0.5, 0.6) is 0 Å². The largest absolute Gasteiger partial charge is 0.451 e. The van der Waals surface area contributed by atoms with Crippen LogP contribution in [0, 0.1) is 0 Å². The van der Waals surface area contributed by atoms with Crippen molar-refractivity contribution >= 4 is 28.4 Å². The Kier molecular flexibility index (Phi) is 8.35. The highest BCUT2D eigenvalue weighted by Gasteiger charge is 2.47. The fourth-order valence-electron chi connectivity index (χ4n) is 1.40. The minimum Gasteiger partial charge on any atom is -0.451 e. The summed E-state index contributed by atoms with van der Waals surface area (Å²) >= 11 is 0. The lowest BCUT2D eigenvalue weighted by Crippen LogP contribution is -2.54. The van der Waals surface area contributed by atoms with Crippen LogP contribution in [-0.2, 0) is 33.0 Å². The van der Waals surface area contributed by atoms with Crippen LogP contribution in [0.3, 0.4) is 0 Å². The molecule has 0 amide bonds. The molecule has 7 nitrogen and oxygen atoms in total. The molecular weight excluding hydrogens is 332 g/mol. The van der Waals surface area contributed by atoms with Gasteiger partial charge in [-0.1, -0.05) is 19.7 Å². The highest BCUT2D eigenvalue weighted by Crippen LogP contribution is 2.25. The van der Waals surface area contributed by atoms with Gasteiger partial charge in [0.15, 0.2) is 6.10 Å². The van der Waals surface area contributed by atoms with Crippen LogP contribution < -0.4 is 0 Å². The van der Waals surface area contributed by atoms with Crippen LogP contribution >= 0.6 is 0 Å². The summed E-state index contributed by atoms with van der Waals surface area (Å²) in [5.74, 6) is -4.32. The molecule has 0 heterocycles. The van der Waals surface area contributed by atoms with Gasteiger partial charge in [0.25, 0.3) is 0 Å². The van der Waals surface area contributed by atoms with E-state index in [2.05, 4.69) is 19.7 Å². The van der Waals surface area contributed by atoms with E-state index in [0.717, 1.165) is 0 Å². The van der Waals surface area contributed by atoms with Crippen LogP contribution in [0.25, 0.3) is 0 Å². The Balaban J connectivity index is 5.77. The molecule has 0 N–H and O–H groups in total. The highest BCUT2D eigenvalue weighted by atomic mass is 28.2. The van der Waals surface area contributed by atoms with E-state index >= 15 is 0 Å². The molecule has 0 aromatic carbocycles. The van der Waals surface area contributed by atoms with E-state index < -0.39 is 29.8 Å². The minimum absolute atomic E-state index is 0.0810. The lowest BCUT2D eigenvalue weighted by atomic mass is 10.1. The van der Waals surface area contributed by atoms with Crippen molar-refractivity contribution in [2.75, 3.05) is 6.61 Å². The van der Waals surface area contributed by atoms with Gasteiger partial charge < -0.3 is 18.6 Å². The van der Waals surface area contributed by atoms with E-state index in [9.17, 15) is 14.4 Å². The first-order valence-corrected chi connectivity index (χ1v) is 7.91. The van der Waals surface area contributed by atoms with Gasteiger partial charge in [-0.25, -0.2) is 14.4 Å². The first kappa shape index (κ1) is 21.8. The van der Waals surface area contributed by atoms with Crippen molar-refractivity contribution in [1.82, 2.24) is 0 Å². The van der Waals surface area contributed by atoms with Gasteiger partial charge in [-0.15, -0.1) is 0 Å². The van der Waals surface area contributed by atoms with Gasteiger partial charge in [-0.2, -0.15) is 0 Å². The summed E-state index contributed by atoms with van der Waals surface area (Å²) in [7, 11) is 0.269. The van der Waals surface area contributed by atoms with Crippen molar-refractivity contribution in [2.24, 2.45) is 0 Å². The second-order valence-corrected chi connectivity index (χ2v) is 5.99. The number of esters is 3. The molecule has 0 aliphatic carbocycles. The van der Waals surface area contributed by atoms with Crippen LogP contribution in [0.15, 0.2) is 36.5 Å². The second kappa shape index (κ2) is 9.19. The third-order valence-corrected chi connectivity index (χ3v) is 3.11. The average Bonchev–Trinajstić information content (AvgIpc) is 2.46. The summed E-state index contributed by atoms with van der Waals surface area (Å²) in [5.41, 5.74) is 0.301. The van der Waals surface area contributed by atoms with Crippen molar-refractivity contribution in [2.45, 2.75) is 39.6 Å². The lowest BCUT2D eigenvalue weighted by molar-refractivity contribution is -0.267. The van der Waals surface area contributed by atoms with E-state index in [4.69, 9.17) is 18.6 Å². The van der Waals surface area contributed by atoms with Crippen molar-refractivity contribution in [1.29, 1.82) is 0 Å². The first-order chi connectivity index (χ1) is 11.0. The molecule has 0 spiro atoms. The van der Waals surface area contributed by atoms with Crippen LogP contribution in [0.4, 0.5) is 0 Å². The Morgan fingerprint density at radius 1 is 0.917 bits per heavy atom. The number of hydrogen-bond acceptors (Lipinski definition) is 7. The third kappa shape index (κ3) is 6.13. The molecule has 0 bridgehead atoms. The molecule has 1 unspecified atom stereocenters. The molecule has 0 radical (unpaired) electrons.